The van der Waals surface area contributed by atoms with Crippen molar-refractivity contribution in [1.29, 1.82) is 0 Å². The minimum atomic E-state index is 0.927. The predicted octanol–water partition coefficient (Wildman–Crippen LogP) is 5.71. The van der Waals surface area contributed by atoms with E-state index in [1.165, 1.54) is 5.57 Å². The summed E-state index contributed by atoms with van der Waals surface area (Å²) in [5.41, 5.74) is 3.44. The lowest BCUT2D eigenvalue weighted by Crippen LogP contribution is -1.88. The fourth-order valence-corrected chi connectivity index (χ4v) is 2.17. The van der Waals surface area contributed by atoms with Gasteiger partial charge in [-0.1, -0.05) is 69.0 Å². The number of rotatable bonds is 9. The number of imidazole rings is 1. The summed E-state index contributed by atoms with van der Waals surface area (Å²) in [5.74, 6) is 1.05. The molecular weight excluding hydrogens is 268 g/mol. The van der Waals surface area contributed by atoms with Crippen LogP contribution in [0.15, 0.2) is 55.2 Å². The molecule has 0 aromatic carbocycles. The molecule has 0 aliphatic carbocycles. The van der Waals surface area contributed by atoms with Crippen LogP contribution in [0.4, 0.5) is 0 Å². The number of aromatic amines is 1. The molecule has 2 nitrogen and oxygen atoms in total. The van der Waals surface area contributed by atoms with E-state index < -0.39 is 0 Å². The number of allylic oxidation sites excluding steroid dienone is 9. The van der Waals surface area contributed by atoms with Gasteiger partial charge in [0, 0.05) is 12.1 Å². The Morgan fingerprint density at radius 3 is 2.64 bits per heavy atom. The number of hydrogen-bond donors (Lipinski definition) is 1. The van der Waals surface area contributed by atoms with Gasteiger partial charge in [0.25, 0.3) is 0 Å². The van der Waals surface area contributed by atoms with Crippen LogP contribution < -0.4 is 0 Å². The molecular formula is C20H28N2. The molecule has 0 atom stereocenters. The third kappa shape index (κ3) is 6.13. The van der Waals surface area contributed by atoms with Crippen molar-refractivity contribution in [2.75, 3.05) is 0 Å². The Morgan fingerprint density at radius 2 is 1.95 bits per heavy atom. The van der Waals surface area contributed by atoms with Crippen LogP contribution >= 0.6 is 0 Å². The van der Waals surface area contributed by atoms with Gasteiger partial charge in [-0.2, -0.15) is 0 Å². The zero-order valence-corrected chi connectivity index (χ0v) is 14.1. The van der Waals surface area contributed by atoms with E-state index >= 15 is 0 Å². The summed E-state index contributed by atoms with van der Waals surface area (Å²) in [6, 6.07) is 0. The molecule has 2 heteroatoms. The SMILES string of the molecule is C=C/C=C\C=C/CCc1nc(C(/C=C\CC)=C/CC)c(C)[nH]1. The highest BCUT2D eigenvalue weighted by Crippen LogP contribution is 2.19. The van der Waals surface area contributed by atoms with E-state index in [0.717, 1.165) is 42.9 Å². The molecule has 0 saturated carbocycles. The molecule has 1 aromatic rings. The molecule has 0 amide bonds. The Bertz CT molecular complexity index is 569. The second-order valence-corrected chi connectivity index (χ2v) is 5.12. The Labute approximate surface area is 135 Å². The van der Waals surface area contributed by atoms with Gasteiger partial charge in [-0.15, -0.1) is 0 Å². The molecule has 0 radical (unpaired) electrons. The van der Waals surface area contributed by atoms with E-state index in [1.54, 1.807) is 6.08 Å². The van der Waals surface area contributed by atoms with E-state index in [0.29, 0.717) is 0 Å². The number of nitrogens with one attached hydrogen (secondary N) is 1. The van der Waals surface area contributed by atoms with Crippen LogP contribution in [0.25, 0.3) is 5.57 Å². The van der Waals surface area contributed by atoms with E-state index in [4.69, 9.17) is 4.98 Å². The van der Waals surface area contributed by atoms with Crippen molar-refractivity contribution in [1.82, 2.24) is 9.97 Å². The first kappa shape index (κ1) is 18.0. The average molecular weight is 296 g/mol. The standard InChI is InChI=1S/C20H28N2/c1-5-8-10-11-12-13-16-19-21-17(4)20(22-19)18(14-7-3)15-9-6-2/h5,8-12,14-15H,1,6-7,13,16H2,2-4H3,(H,21,22)/b10-8-,12-11-,15-9-,18-14+. The van der Waals surface area contributed by atoms with Crippen LogP contribution in [0.5, 0.6) is 0 Å². The summed E-state index contributed by atoms with van der Waals surface area (Å²) in [5, 5.41) is 0. The van der Waals surface area contributed by atoms with Gasteiger partial charge >= 0.3 is 0 Å². The normalized spacial score (nSPS) is 13.0. The number of hydrogen-bond acceptors (Lipinski definition) is 1. The third-order valence-corrected chi connectivity index (χ3v) is 3.21. The molecule has 1 rings (SSSR count). The van der Waals surface area contributed by atoms with Gasteiger partial charge in [-0.3, -0.25) is 0 Å². The molecule has 0 fully saturated rings. The molecule has 22 heavy (non-hydrogen) atoms. The van der Waals surface area contributed by atoms with Crippen molar-refractivity contribution in [2.24, 2.45) is 0 Å². The van der Waals surface area contributed by atoms with Gasteiger partial charge in [0.1, 0.15) is 5.82 Å². The number of aryl methyl sites for hydroxylation is 2. The van der Waals surface area contributed by atoms with Gasteiger partial charge in [-0.25, -0.2) is 4.98 Å². The van der Waals surface area contributed by atoms with Crippen molar-refractivity contribution in [3.05, 3.63) is 72.4 Å². The second-order valence-electron chi connectivity index (χ2n) is 5.12. The average Bonchev–Trinajstić information content (AvgIpc) is 2.88. The lowest BCUT2D eigenvalue weighted by Gasteiger charge is -1.99. The summed E-state index contributed by atoms with van der Waals surface area (Å²) >= 11 is 0. The molecule has 1 aromatic heterocycles. The van der Waals surface area contributed by atoms with Crippen molar-refractivity contribution < 1.29 is 0 Å². The molecule has 118 valence electrons. The maximum absolute atomic E-state index is 4.77. The van der Waals surface area contributed by atoms with Crippen LogP contribution in [-0.4, -0.2) is 9.97 Å². The van der Waals surface area contributed by atoms with Crippen molar-refractivity contribution in [2.45, 2.75) is 46.5 Å². The summed E-state index contributed by atoms with van der Waals surface area (Å²) in [6.45, 7) is 10.0. The van der Waals surface area contributed by atoms with E-state index in [1.807, 2.05) is 18.2 Å². The van der Waals surface area contributed by atoms with Crippen molar-refractivity contribution in [3.63, 3.8) is 0 Å². The summed E-state index contributed by atoms with van der Waals surface area (Å²) in [7, 11) is 0. The molecule has 0 spiro atoms. The van der Waals surface area contributed by atoms with E-state index in [9.17, 15) is 0 Å². The van der Waals surface area contributed by atoms with Crippen molar-refractivity contribution >= 4 is 5.57 Å². The Hall–Kier alpha value is -2.09. The first-order valence-electron chi connectivity index (χ1n) is 8.09. The molecule has 0 bridgehead atoms. The van der Waals surface area contributed by atoms with Crippen LogP contribution in [0, 0.1) is 6.92 Å². The van der Waals surface area contributed by atoms with E-state index in [-0.39, 0.29) is 0 Å². The second kappa shape index (κ2) is 10.6. The smallest absolute Gasteiger partial charge is 0.107 e. The zero-order valence-electron chi connectivity index (χ0n) is 14.1. The lowest BCUT2D eigenvalue weighted by molar-refractivity contribution is 0.904. The quantitative estimate of drug-likeness (QED) is 0.581. The van der Waals surface area contributed by atoms with Crippen LogP contribution in [0.2, 0.25) is 0 Å². The first-order chi connectivity index (χ1) is 10.7. The van der Waals surface area contributed by atoms with Crippen LogP contribution in [0.1, 0.15) is 50.3 Å². The number of aromatic nitrogens is 2. The fourth-order valence-electron chi connectivity index (χ4n) is 2.17. The summed E-state index contributed by atoms with van der Waals surface area (Å²) in [6.07, 6.45) is 20.4. The van der Waals surface area contributed by atoms with Gasteiger partial charge in [-0.05, 0) is 31.8 Å². The highest BCUT2D eigenvalue weighted by molar-refractivity contribution is 5.73. The minimum Gasteiger partial charge on any atom is -0.346 e. The molecule has 0 saturated heterocycles. The number of H-pyrrole nitrogens is 1. The molecule has 0 aliphatic heterocycles. The molecule has 1 N–H and O–H groups in total. The maximum atomic E-state index is 4.77. The van der Waals surface area contributed by atoms with Gasteiger partial charge in [0.15, 0.2) is 0 Å². The minimum absolute atomic E-state index is 0.927. The molecule has 0 unspecified atom stereocenters. The maximum Gasteiger partial charge on any atom is 0.107 e. The van der Waals surface area contributed by atoms with Crippen LogP contribution in [0.3, 0.4) is 0 Å². The first-order valence-corrected chi connectivity index (χ1v) is 8.09. The van der Waals surface area contributed by atoms with E-state index in [2.05, 4.69) is 56.6 Å². The molecule has 1 heterocycles. The van der Waals surface area contributed by atoms with Crippen LogP contribution in [-0.2, 0) is 6.42 Å². The van der Waals surface area contributed by atoms with Crippen molar-refractivity contribution in [3.8, 4) is 0 Å². The largest absolute Gasteiger partial charge is 0.346 e. The highest BCUT2D eigenvalue weighted by atomic mass is 14.9. The summed E-state index contributed by atoms with van der Waals surface area (Å²) in [4.78, 5) is 8.18. The zero-order chi connectivity index (χ0) is 16.2. The fraction of sp³-hybridized carbons (Fsp3) is 0.350. The Kier molecular flexibility index (Phi) is 8.66. The lowest BCUT2D eigenvalue weighted by atomic mass is 10.1. The molecule has 0 aliphatic rings. The topological polar surface area (TPSA) is 28.7 Å². The van der Waals surface area contributed by atoms with Gasteiger partial charge in [0.05, 0.1) is 5.69 Å². The Balaban J connectivity index is 2.75. The number of nitrogens with zero attached hydrogens (tertiary/aromatic N) is 1. The van der Waals surface area contributed by atoms with Gasteiger partial charge < -0.3 is 4.98 Å². The van der Waals surface area contributed by atoms with Gasteiger partial charge in [0.2, 0.25) is 0 Å². The predicted molar refractivity (Wildman–Crippen MR) is 97.8 cm³/mol. The third-order valence-electron chi connectivity index (χ3n) is 3.21. The summed E-state index contributed by atoms with van der Waals surface area (Å²) < 4.78 is 0. The Morgan fingerprint density at radius 1 is 1.14 bits per heavy atom. The monoisotopic (exact) mass is 296 g/mol. The highest BCUT2D eigenvalue weighted by Gasteiger charge is 2.08.